The maximum Gasteiger partial charge on any atom is 0.246 e. The van der Waals surface area contributed by atoms with Gasteiger partial charge >= 0.3 is 0 Å². The van der Waals surface area contributed by atoms with Crippen LogP contribution in [0, 0.1) is 0 Å². The average molecular weight is 378 g/mol. The molecule has 1 fully saturated rings. The Bertz CT molecular complexity index is 729. The van der Waals surface area contributed by atoms with Gasteiger partial charge in [-0.2, -0.15) is 5.10 Å². The summed E-state index contributed by atoms with van der Waals surface area (Å²) in [5.74, 6) is -0.220. The SMILES string of the molecule is COCC(=O)NC1C(c2cccs2)N(Cc2cnn(C)c2)CCC1(C)O. The molecule has 1 saturated heterocycles. The summed E-state index contributed by atoms with van der Waals surface area (Å²) in [4.78, 5) is 15.6. The van der Waals surface area contributed by atoms with Crippen molar-refractivity contribution in [2.75, 3.05) is 20.3 Å². The first-order valence-electron chi connectivity index (χ1n) is 8.66. The van der Waals surface area contributed by atoms with Crippen LogP contribution in [0.3, 0.4) is 0 Å². The lowest BCUT2D eigenvalue weighted by atomic mass is 9.81. The predicted molar refractivity (Wildman–Crippen MR) is 99.7 cm³/mol. The molecule has 0 spiro atoms. The quantitative estimate of drug-likeness (QED) is 0.792. The highest BCUT2D eigenvalue weighted by Crippen LogP contribution is 2.39. The summed E-state index contributed by atoms with van der Waals surface area (Å²) in [7, 11) is 3.39. The normalized spacial score (nSPS) is 26.8. The molecule has 3 unspecified atom stereocenters. The lowest BCUT2D eigenvalue weighted by Gasteiger charge is -2.48. The number of thiophene rings is 1. The second-order valence-electron chi connectivity index (χ2n) is 7.04. The van der Waals surface area contributed by atoms with Crippen molar-refractivity contribution in [1.82, 2.24) is 20.0 Å². The van der Waals surface area contributed by atoms with Gasteiger partial charge in [-0.05, 0) is 24.8 Å². The number of hydrogen-bond acceptors (Lipinski definition) is 6. The van der Waals surface area contributed by atoms with E-state index in [1.54, 1.807) is 22.9 Å². The van der Waals surface area contributed by atoms with Crippen molar-refractivity contribution >= 4 is 17.2 Å². The number of nitrogens with one attached hydrogen (secondary N) is 1. The Morgan fingerprint density at radius 2 is 2.38 bits per heavy atom. The van der Waals surface area contributed by atoms with Crippen LogP contribution in [-0.4, -0.2) is 57.6 Å². The number of piperidine rings is 1. The summed E-state index contributed by atoms with van der Waals surface area (Å²) in [5, 5.41) is 20.3. The second kappa shape index (κ2) is 7.87. The van der Waals surface area contributed by atoms with E-state index < -0.39 is 11.6 Å². The molecular weight excluding hydrogens is 352 g/mol. The van der Waals surface area contributed by atoms with E-state index in [1.807, 2.05) is 30.9 Å². The minimum atomic E-state index is -0.997. The molecule has 3 rings (SSSR count). The van der Waals surface area contributed by atoms with Crippen LogP contribution in [0.5, 0.6) is 0 Å². The Hall–Kier alpha value is -1.74. The van der Waals surface area contributed by atoms with Crippen LogP contribution in [0.2, 0.25) is 0 Å². The topological polar surface area (TPSA) is 79.6 Å². The molecule has 26 heavy (non-hydrogen) atoms. The Morgan fingerprint density at radius 3 is 3.00 bits per heavy atom. The number of aromatic nitrogens is 2. The highest BCUT2D eigenvalue weighted by Gasteiger charge is 2.46. The number of carbonyl (C=O) groups is 1. The molecule has 0 bridgehead atoms. The number of methoxy groups -OCH3 is 1. The molecule has 7 nitrogen and oxygen atoms in total. The first kappa shape index (κ1) is 19.0. The molecule has 0 aliphatic carbocycles. The van der Waals surface area contributed by atoms with E-state index in [4.69, 9.17) is 4.74 Å². The maximum atomic E-state index is 12.2. The van der Waals surface area contributed by atoms with Crippen LogP contribution in [0.25, 0.3) is 0 Å². The fourth-order valence-corrected chi connectivity index (χ4v) is 4.46. The number of likely N-dealkylation sites (tertiary alicyclic amines) is 1. The van der Waals surface area contributed by atoms with Crippen molar-refractivity contribution in [2.45, 2.75) is 37.6 Å². The molecule has 3 heterocycles. The molecule has 2 aromatic rings. The fraction of sp³-hybridized carbons (Fsp3) is 0.556. The predicted octanol–water partition coefficient (Wildman–Crippen LogP) is 1.31. The standard InChI is InChI=1S/C18H26N4O3S/c1-18(24)6-7-22(11-13-9-19-21(2)10-13)16(14-5-4-8-26-14)17(18)20-15(23)12-25-3/h4-5,8-10,16-17,24H,6-7,11-12H2,1-3H3,(H,20,23). The zero-order valence-electron chi connectivity index (χ0n) is 15.4. The van der Waals surface area contributed by atoms with Gasteiger partial charge in [-0.1, -0.05) is 6.07 Å². The van der Waals surface area contributed by atoms with Crippen LogP contribution in [0.15, 0.2) is 29.9 Å². The number of hydrogen-bond donors (Lipinski definition) is 2. The molecule has 0 aromatic carbocycles. The molecule has 1 aliphatic heterocycles. The summed E-state index contributed by atoms with van der Waals surface area (Å²) in [6.07, 6.45) is 4.43. The molecule has 8 heteroatoms. The highest BCUT2D eigenvalue weighted by atomic mass is 32.1. The van der Waals surface area contributed by atoms with E-state index >= 15 is 0 Å². The van der Waals surface area contributed by atoms with E-state index in [1.165, 1.54) is 7.11 Å². The van der Waals surface area contributed by atoms with Gasteiger partial charge in [0.25, 0.3) is 0 Å². The van der Waals surface area contributed by atoms with Crippen LogP contribution in [0.1, 0.15) is 29.8 Å². The van der Waals surface area contributed by atoms with Crippen LogP contribution >= 0.6 is 11.3 Å². The number of ether oxygens (including phenoxy) is 1. The Kier molecular flexibility index (Phi) is 5.76. The van der Waals surface area contributed by atoms with Gasteiger partial charge in [0, 0.05) is 43.9 Å². The number of carbonyl (C=O) groups excluding carboxylic acids is 1. The Labute approximate surface area is 157 Å². The third-order valence-corrected chi connectivity index (χ3v) is 5.80. The zero-order chi connectivity index (χ0) is 18.7. The van der Waals surface area contributed by atoms with Crippen LogP contribution in [0.4, 0.5) is 0 Å². The van der Waals surface area contributed by atoms with Gasteiger partial charge in [0.15, 0.2) is 0 Å². The van der Waals surface area contributed by atoms with Gasteiger partial charge in [0.1, 0.15) is 6.61 Å². The van der Waals surface area contributed by atoms with Gasteiger partial charge in [-0.25, -0.2) is 0 Å². The van der Waals surface area contributed by atoms with Crippen molar-refractivity contribution in [3.63, 3.8) is 0 Å². The fourth-order valence-electron chi connectivity index (χ4n) is 3.57. The highest BCUT2D eigenvalue weighted by molar-refractivity contribution is 7.10. The summed E-state index contributed by atoms with van der Waals surface area (Å²) in [6, 6.07) is 3.52. The van der Waals surface area contributed by atoms with Crippen LogP contribution < -0.4 is 5.32 Å². The van der Waals surface area contributed by atoms with E-state index in [-0.39, 0.29) is 18.6 Å². The number of aliphatic hydroxyl groups is 1. The molecule has 1 amide bonds. The number of aryl methyl sites for hydroxylation is 1. The monoisotopic (exact) mass is 378 g/mol. The zero-order valence-corrected chi connectivity index (χ0v) is 16.2. The molecular formula is C18H26N4O3S. The molecule has 3 atom stereocenters. The van der Waals surface area contributed by atoms with E-state index in [0.29, 0.717) is 13.0 Å². The number of amides is 1. The summed E-state index contributed by atoms with van der Waals surface area (Å²) in [5.41, 5.74) is 0.112. The van der Waals surface area contributed by atoms with Gasteiger partial charge in [0.05, 0.1) is 23.9 Å². The van der Waals surface area contributed by atoms with E-state index in [9.17, 15) is 9.90 Å². The van der Waals surface area contributed by atoms with E-state index in [2.05, 4.69) is 21.4 Å². The van der Waals surface area contributed by atoms with Crippen molar-refractivity contribution in [3.8, 4) is 0 Å². The maximum absolute atomic E-state index is 12.2. The first-order valence-corrected chi connectivity index (χ1v) is 9.54. The first-order chi connectivity index (χ1) is 12.4. The minimum absolute atomic E-state index is 0.0215. The third-order valence-electron chi connectivity index (χ3n) is 4.85. The van der Waals surface area contributed by atoms with Crippen molar-refractivity contribution in [2.24, 2.45) is 7.05 Å². The van der Waals surface area contributed by atoms with Crippen molar-refractivity contribution in [1.29, 1.82) is 0 Å². The smallest absolute Gasteiger partial charge is 0.246 e. The largest absolute Gasteiger partial charge is 0.388 e. The summed E-state index contributed by atoms with van der Waals surface area (Å²) >= 11 is 1.64. The summed E-state index contributed by atoms with van der Waals surface area (Å²) < 4.78 is 6.73. The number of nitrogens with zero attached hydrogens (tertiary/aromatic N) is 3. The average Bonchev–Trinajstić information content (AvgIpc) is 3.23. The lowest BCUT2D eigenvalue weighted by molar-refractivity contribution is -0.132. The molecule has 0 radical (unpaired) electrons. The second-order valence-corrected chi connectivity index (χ2v) is 8.02. The van der Waals surface area contributed by atoms with Gasteiger partial charge < -0.3 is 15.2 Å². The van der Waals surface area contributed by atoms with Gasteiger partial charge in [0.2, 0.25) is 5.91 Å². The summed E-state index contributed by atoms with van der Waals surface area (Å²) in [6.45, 7) is 3.23. The van der Waals surface area contributed by atoms with E-state index in [0.717, 1.165) is 17.0 Å². The lowest BCUT2D eigenvalue weighted by Crippen LogP contribution is -2.62. The molecule has 0 saturated carbocycles. The minimum Gasteiger partial charge on any atom is -0.388 e. The van der Waals surface area contributed by atoms with Gasteiger partial charge in [-0.15, -0.1) is 11.3 Å². The van der Waals surface area contributed by atoms with Crippen LogP contribution in [-0.2, 0) is 23.1 Å². The third kappa shape index (κ3) is 4.15. The number of rotatable bonds is 6. The Morgan fingerprint density at radius 1 is 1.58 bits per heavy atom. The molecule has 2 aromatic heterocycles. The Balaban J connectivity index is 1.90. The molecule has 1 aliphatic rings. The molecule has 2 N–H and O–H groups in total. The van der Waals surface area contributed by atoms with Gasteiger partial charge in [-0.3, -0.25) is 14.4 Å². The van der Waals surface area contributed by atoms with Crippen molar-refractivity contribution in [3.05, 3.63) is 40.3 Å². The molecule has 142 valence electrons. The van der Waals surface area contributed by atoms with Crippen molar-refractivity contribution < 1.29 is 14.6 Å².